The Hall–Kier alpha value is -5.54. The van der Waals surface area contributed by atoms with Crippen molar-refractivity contribution >= 4 is 24.0 Å². The Morgan fingerprint density at radius 2 is 1.03 bits per heavy atom. The summed E-state index contributed by atoms with van der Waals surface area (Å²) < 4.78 is 31.3. The number of carbonyl (C=O) groups is 2. The molecule has 0 bridgehead atoms. The summed E-state index contributed by atoms with van der Waals surface area (Å²) in [5.74, 6) is -1.66. The van der Waals surface area contributed by atoms with Gasteiger partial charge in [0.2, 0.25) is 11.8 Å². The molecule has 4 aromatic rings. The molecule has 0 aliphatic carbocycles. The van der Waals surface area contributed by atoms with Gasteiger partial charge in [0.05, 0.1) is 24.2 Å². The first-order valence-electron chi connectivity index (χ1n) is 21.1. The number of likely N-dealkylation sites (N-methyl/N-ethyl adjacent to an activating group) is 2. The van der Waals surface area contributed by atoms with E-state index in [-0.39, 0.29) is 83.5 Å². The van der Waals surface area contributed by atoms with Gasteiger partial charge in [0.15, 0.2) is 0 Å². The number of fused-ring (bicyclic) bond motifs is 6. The predicted molar refractivity (Wildman–Crippen MR) is 233 cm³/mol. The molecule has 2 amide bonds. The highest BCUT2D eigenvalue weighted by molar-refractivity contribution is 5.83. The number of benzene rings is 2. The molecule has 0 saturated carbocycles. The molecule has 4 aliphatic rings. The number of aliphatic hydroxyl groups is 2. The Balaban J connectivity index is 0.000000186. The molecule has 0 radical (unpaired) electrons. The lowest BCUT2D eigenvalue weighted by molar-refractivity contribution is -0.136. The van der Waals surface area contributed by atoms with Gasteiger partial charge in [-0.3, -0.25) is 29.0 Å². The fraction of sp³-hybridized carbons (Fsp3) is 0.417. The molecule has 2 saturated heterocycles. The maximum atomic E-state index is 13.9. The van der Waals surface area contributed by atoms with Gasteiger partial charge in [-0.05, 0) is 73.5 Å². The highest BCUT2D eigenvalue weighted by Gasteiger charge is 2.57. The SMILES string of the molecule is C/C=C/c1ccc2n(c1=O)C[C@H]1[C@H](CO)[C@@H](C(=O)N(C)C)N(Cc3cccc(F)c3)[C@@H]21.C/C=C\c1ccc2n(c1=O)C[C@H]1[C@H](CO)[C@@H](C(=O)N(C)C)N(Cc3cccc(F)c3)[C@@H]21. The summed E-state index contributed by atoms with van der Waals surface area (Å²) in [5, 5.41) is 20.5. The molecule has 0 spiro atoms. The van der Waals surface area contributed by atoms with Crippen molar-refractivity contribution in [2.24, 2.45) is 23.7 Å². The maximum Gasteiger partial charge on any atom is 0.258 e. The zero-order chi connectivity index (χ0) is 44.6. The standard InChI is InChI=1S/2C24H28FN3O3/c2*1-4-6-16-9-10-20-21-18(13-27(20)23(16)30)19(14-29)22(24(31)26(2)3)28(21)12-15-7-5-8-17(25)11-15/h2*4-11,18-19,21-22,29H,12-14H2,1-3H3/b6-4+;6-4-/t2*18-,19-,21+,22-/m00/s1. The molecule has 4 aliphatic heterocycles. The second kappa shape index (κ2) is 18.4. The van der Waals surface area contributed by atoms with Gasteiger partial charge in [-0.1, -0.05) is 48.6 Å². The monoisotopic (exact) mass is 850 g/mol. The van der Waals surface area contributed by atoms with E-state index in [2.05, 4.69) is 0 Å². The molecule has 6 heterocycles. The summed E-state index contributed by atoms with van der Waals surface area (Å²) in [6.07, 6.45) is 7.24. The molecule has 2 N–H and O–H groups in total. The number of hydrogen-bond acceptors (Lipinski definition) is 8. The lowest BCUT2D eigenvalue weighted by Crippen LogP contribution is -2.47. The highest BCUT2D eigenvalue weighted by atomic mass is 19.1. The lowest BCUT2D eigenvalue weighted by Gasteiger charge is -2.32. The van der Waals surface area contributed by atoms with Crippen molar-refractivity contribution in [3.05, 3.63) is 151 Å². The van der Waals surface area contributed by atoms with Crippen LogP contribution in [0.3, 0.4) is 0 Å². The number of halogens is 2. The van der Waals surface area contributed by atoms with Crippen LogP contribution < -0.4 is 11.1 Å². The summed E-state index contributed by atoms with van der Waals surface area (Å²) in [6, 6.07) is 18.7. The second-order valence-corrected chi connectivity index (χ2v) is 17.1. The number of amides is 2. The van der Waals surface area contributed by atoms with Crippen LogP contribution in [0.15, 0.2) is 94.5 Å². The Kier molecular flexibility index (Phi) is 13.2. The largest absolute Gasteiger partial charge is 0.396 e. The van der Waals surface area contributed by atoms with Crippen molar-refractivity contribution in [1.29, 1.82) is 0 Å². The highest BCUT2D eigenvalue weighted by Crippen LogP contribution is 2.51. The van der Waals surface area contributed by atoms with E-state index in [0.29, 0.717) is 37.3 Å². The third kappa shape index (κ3) is 8.12. The molecular weight excluding hydrogens is 795 g/mol. The van der Waals surface area contributed by atoms with Crippen molar-refractivity contribution in [3.63, 3.8) is 0 Å². The number of pyridine rings is 2. The maximum absolute atomic E-state index is 13.9. The van der Waals surface area contributed by atoms with Crippen LogP contribution >= 0.6 is 0 Å². The van der Waals surface area contributed by atoms with E-state index in [1.807, 2.05) is 72.2 Å². The van der Waals surface area contributed by atoms with E-state index in [0.717, 1.165) is 22.5 Å². The van der Waals surface area contributed by atoms with E-state index in [9.17, 15) is 38.2 Å². The first-order chi connectivity index (χ1) is 29.7. The molecule has 8 atom stereocenters. The number of aliphatic hydroxyl groups excluding tert-OH is 2. The summed E-state index contributed by atoms with van der Waals surface area (Å²) >= 11 is 0. The fourth-order valence-corrected chi connectivity index (χ4v) is 10.4. The van der Waals surface area contributed by atoms with E-state index in [4.69, 9.17) is 0 Å². The van der Waals surface area contributed by atoms with Crippen LogP contribution in [0.5, 0.6) is 0 Å². The second-order valence-electron chi connectivity index (χ2n) is 17.1. The van der Waals surface area contributed by atoms with Crippen LogP contribution in [0.25, 0.3) is 12.2 Å². The number of rotatable bonds is 10. The first kappa shape index (κ1) is 44.5. The third-order valence-electron chi connectivity index (χ3n) is 13.0. The molecular formula is C48H56F2N6O6. The van der Waals surface area contributed by atoms with Crippen LogP contribution in [-0.4, -0.2) is 104 Å². The smallest absolute Gasteiger partial charge is 0.258 e. The van der Waals surface area contributed by atoms with Crippen molar-refractivity contribution < 1.29 is 28.6 Å². The topological polar surface area (TPSA) is 132 Å². The third-order valence-corrected chi connectivity index (χ3v) is 13.0. The van der Waals surface area contributed by atoms with Gasteiger partial charge in [0.1, 0.15) is 11.6 Å². The van der Waals surface area contributed by atoms with E-state index in [1.54, 1.807) is 61.6 Å². The summed E-state index contributed by atoms with van der Waals surface area (Å²) in [7, 11) is 6.81. The van der Waals surface area contributed by atoms with Crippen LogP contribution in [0.4, 0.5) is 8.78 Å². The Morgan fingerprint density at radius 3 is 1.35 bits per heavy atom. The zero-order valence-electron chi connectivity index (χ0n) is 36.1. The van der Waals surface area contributed by atoms with Crippen LogP contribution in [0.2, 0.25) is 0 Å². The number of aromatic nitrogens is 2. The average molecular weight is 851 g/mol. The van der Waals surface area contributed by atoms with Crippen molar-refractivity contribution in [1.82, 2.24) is 28.7 Å². The number of likely N-dealkylation sites (tertiary alicyclic amines) is 2. The fourth-order valence-electron chi connectivity index (χ4n) is 10.4. The molecule has 0 unspecified atom stereocenters. The van der Waals surface area contributed by atoms with Crippen LogP contribution in [-0.2, 0) is 35.8 Å². The van der Waals surface area contributed by atoms with E-state index >= 15 is 0 Å². The lowest BCUT2D eigenvalue weighted by atomic mass is 9.88. The van der Waals surface area contributed by atoms with Crippen molar-refractivity contribution in [3.8, 4) is 0 Å². The first-order valence-corrected chi connectivity index (χ1v) is 21.1. The molecule has 328 valence electrons. The number of allylic oxidation sites excluding steroid dienone is 2. The molecule has 8 rings (SSSR count). The Labute approximate surface area is 360 Å². The molecule has 2 fully saturated rings. The molecule has 2 aromatic carbocycles. The summed E-state index contributed by atoms with van der Waals surface area (Å²) in [6.45, 7) is 5.02. The number of hydrogen-bond donors (Lipinski definition) is 2. The minimum atomic E-state index is -0.544. The summed E-state index contributed by atoms with van der Waals surface area (Å²) in [5.41, 5.74) is 4.28. The van der Waals surface area contributed by atoms with Gasteiger partial charge < -0.3 is 29.1 Å². The quantitative estimate of drug-likeness (QED) is 0.238. The average Bonchev–Trinajstić information content (AvgIpc) is 3.97. The van der Waals surface area contributed by atoms with Crippen molar-refractivity contribution in [2.75, 3.05) is 41.4 Å². The van der Waals surface area contributed by atoms with Crippen molar-refractivity contribution in [2.45, 2.75) is 64.2 Å². The number of carbonyl (C=O) groups excluding carboxylic acids is 2. The van der Waals surface area contributed by atoms with Gasteiger partial charge in [-0.25, -0.2) is 8.78 Å². The van der Waals surface area contributed by atoms with Gasteiger partial charge in [0, 0.05) is 114 Å². The predicted octanol–water partition coefficient (Wildman–Crippen LogP) is 4.55. The zero-order valence-corrected chi connectivity index (χ0v) is 36.1. The minimum Gasteiger partial charge on any atom is -0.396 e. The van der Waals surface area contributed by atoms with Gasteiger partial charge in [0.25, 0.3) is 11.1 Å². The van der Waals surface area contributed by atoms with E-state index in [1.165, 1.54) is 34.1 Å². The van der Waals surface area contributed by atoms with E-state index < -0.39 is 12.1 Å². The minimum absolute atomic E-state index is 0.0668. The van der Waals surface area contributed by atoms with Gasteiger partial charge in [-0.15, -0.1) is 0 Å². The normalized spacial score (nSPS) is 25.1. The van der Waals surface area contributed by atoms with Gasteiger partial charge in [-0.2, -0.15) is 0 Å². The molecule has 14 heteroatoms. The Morgan fingerprint density at radius 1 is 0.645 bits per heavy atom. The van der Waals surface area contributed by atoms with Crippen LogP contribution in [0, 0.1) is 35.3 Å². The van der Waals surface area contributed by atoms with Crippen LogP contribution in [0.1, 0.15) is 59.6 Å². The molecule has 12 nitrogen and oxygen atoms in total. The number of nitrogens with zero attached hydrogens (tertiary/aromatic N) is 6. The Bertz CT molecular complexity index is 2330. The molecule has 2 aromatic heterocycles. The molecule has 62 heavy (non-hydrogen) atoms. The van der Waals surface area contributed by atoms with Gasteiger partial charge >= 0.3 is 0 Å². The summed E-state index contributed by atoms with van der Waals surface area (Å²) in [4.78, 5) is 59.5.